The Morgan fingerprint density at radius 2 is 1.77 bits per heavy atom. The van der Waals surface area contributed by atoms with Crippen LogP contribution in [0.1, 0.15) is 12.8 Å². The van der Waals surface area contributed by atoms with E-state index in [0.29, 0.717) is 17.2 Å². The zero-order chi connectivity index (χ0) is 27.4. The van der Waals surface area contributed by atoms with Gasteiger partial charge in [-0.15, -0.1) is 0 Å². The topological polar surface area (TPSA) is 118 Å². The standard InChI is InChI=1S/C26H23F3N6O3S/c27-16-5-7-18(8-6-16)39(36,37)35-21-9-10-22(24(29)23(21)28)38-25-19(4-2-13-31-25)20-11-14-32-26(34-20)33-17-3-1-12-30-15-17/h2,4-11,13-14,17,30,35H,1,3,12,15H2,(H,32,33,34)/t17-/m0/s1. The smallest absolute Gasteiger partial charge is 0.261 e. The number of halogens is 3. The molecule has 0 saturated carbocycles. The summed E-state index contributed by atoms with van der Waals surface area (Å²) in [6, 6.07) is 11.1. The molecule has 0 bridgehead atoms. The van der Waals surface area contributed by atoms with Crippen molar-refractivity contribution in [2.24, 2.45) is 0 Å². The van der Waals surface area contributed by atoms with Crippen LogP contribution in [0.4, 0.5) is 24.8 Å². The number of nitrogens with zero attached hydrogens (tertiary/aromatic N) is 3. The van der Waals surface area contributed by atoms with Crippen LogP contribution in [0.3, 0.4) is 0 Å². The van der Waals surface area contributed by atoms with Crippen LogP contribution in [-0.4, -0.2) is 42.5 Å². The predicted octanol–water partition coefficient (Wildman–Crippen LogP) is 4.71. The van der Waals surface area contributed by atoms with Crippen molar-refractivity contribution in [3.05, 3.63) is 84.4 Å². The first-order valence-corrected chi connectivity index (χ1v) is 13.5. The predicted molar refractivity (Wildman–Crippen MR) is 138 cm³/mol. The van der Waals surface area contributed by atoms with Crippen LogP contribution >= 0.6 is 0 Å². The fraction of sp³-hybridized carbons (Fsp3) is 0.192. The monoisotopic (exact) mass is 556 g/mol. The van der Waals surface area contributed by atoms with E-state index in [4.69, 9.17) is 4.74 Å². The molecule has 2 aromatic heterocycles. The molecule has 9 nitrogen and oxygen atoms in total. The second-order valence-corrected chi connectivity index (χ2v) is 10.4. The van der Waals surface area contributed by atoms with E-state index < -0.39 is 38.9 Å². The molecule has 5 rings (SSSR count). The number of hydrogen-bond acceptors (Lipinski definition) is 8. The lowest BCUT2D eigenvalue weighted by Crippen LogP contribution is -2.38. The van der Waals surface area contributed by atoms with Crippen molar-refractivity contribution in [2.45, 2.75) is 23.8 Å². The molecule has 39 heavy (non-hydrogen) atoms. The number of hydrogen-bond donors (Lipinski definition) is 3. The average molecular weight is 557 g/mol. The van der Waals surface area contributed by atoms with Crippen LogP contribution in [0.25, 0.3) is 11.3 Å². The first-order valence-electron chi connectivity index (χ1n) is 12.0. The third-order valence-corrected chi connectivity index (χ3v) is 7.34. The van der Waals surface area contributed by atoms with Crippen molar-refractivity contribution < 1.29 is 26.3 Å². The highest BCUT2D eigenvalue weighted by molar-refractivity contribution is 7.92. The molecule has 0 spiro atoms. The quantitative estimate of drug-likeness (QED) is 0.286. The molecular weight excluding hydrogens is 533 g/mol. The van der Waals surface area contributed by atoms with Crippen LogP contribution < -0.4 is 20.1 Å². The summed E-state index contributed by atoms with van der Waals surface area (Å²) in [5.41, 5.74) is 0.212. The van der Waals surface area contributed by atoms with E-state index in [2.05, 4.69) is 25.6 Å². The van der Waals surface area contributed by atoms with Gasteiger partial charge in [-0.05, 0) is 74.0 Å². The van der Waals surface area contributed by atoms with Gasteiger partial charge >= 0.3 is 0 Å². The van der Waals surface area contributed by atoms with Crippen molar-refractivity contribution in [1.82, 2.24) is 20.3 Å². The van der Waals surface area contributed by atoms with Gasteiger partial charge in [0.1, 0.15) is 5.82 Å². The van der Waals surface area contributed by atoms with Gasteiger partial charge in [0.2, 0.25) is 17.6 Å². The second kappa shape index (κ2) is 11.3. The maximum atomic E-state index is 15.0. The van der Waals surface area contributed by atoms with Gasteiger partial charge in [-0.3, -0.25) is 4.72 Å². The number of pyridine rings is 1. The van der Waals surface area contributed by atoms with Gasteiger partial charge in [0.05, 0.1) is 21.8 Å². The molecule has 3 N–H and O–H groups in total. The normalized spacial score (nSPS) is 15.5. The van der Waals surface area contributed by atoms with E-state index in [1.807, 2.05) is 4.72 Å². The fourth-order valence-corrected chi connectivity index (χ4v) is 5.07. The van der Waals surface area contributed by atoms with Gasteiger partial charge < -0.3 is 15.4 Å². The van der Waals surface area contributed by atoms with E-state index >= 15 is 0 Å². The van der Waals surface area contributed by atoms with Gasteiger partial charge in [0.15, 0.2) is 11.6 Å². The number of benzene rings is 2. The number of piperidine rings is 1. The number of rotatable bonds is 8. The molecule has 0 amide bonds. The van der Waals surface area contributed by atoms with Crippen LogP contribution in [0.15, 0.2) is 71.9 Å². The molecule has 4 aromatic rings. The second-order valence-electron chi connectivity index (χ2n) is 8.71. The van der Waals surface area contributed by atoms with E-state index in [-0.39, 0.29) is 16.8 Å². The molecule has 3 heterocycles. The Morgan fingerprint density at radius 3 is 2.54 bits per heavy atom. The zero-order valence-corrected chi connectivity index (χ0v) is 21.2. The third kappa shape index (κ3) is 6.10. The van der Waals surface area contributed by atoms with Gasteiger partial charge in [0, 0.05) is 25.0 Å². The molecule has 202 valence electrons. The Hall–Kier alpha value is -4.23. The zero-order valence-electron chi connectivity index (χ0n) is 20.4. The van der Waals surface area contributed by atoms with E-state index in [1.165, 1.54) is 6.20 Å². The number of anilines is 2. The lowest BCUT2D eigenvalue weighted by atomic mass is 10.1. The van der Waals surface area contributed by atoms with Gasteiger partial charge in [-0.2, -0.15) is 4.39 Å². The van der Waals surface area contributed by atoms with Gasteiger partial charge in [-0.1, -0.05) is 0 Å². The lowest BCUT2D eigenvalue weighted by molar-refractivity contribution is 0.407. The third-order valence-electron chi connectivity index (χ3n) is 5.95. The summed E-state index contributed by atoms with van der Waals surface area (Å²) in [6.45, 7) is 1.75. The molecule has 0 unspecified atom stereocenters. The summed E-state index contributed by atoms with van der Waals surface area (Å²) >= 11 is 0. The molecule has 1 atom stereocenters. The highest BCUT2D eigenvalue weighted by atomic mass is 32.2. The van der Waals surface area contributed by atoms with Crippen LogP contribution in [0.2, 0.25) is 0 Å². The highest BCUT2D eigenvalue weighted by Crippen LogP contribution is 2.34. The number of ether oxygens (including phenoxy) is 1. The Balaban J connectivity index is 1.38. The summed E-state index contributed by atoms with van der Waals surface area (Å²) in [5.74, 6) is -3.70. The van der Waals surface area contributed by atoms with E-state index in [9.17, 15) is 21.6 Å². The van der Waals surface area contributed by atoms with Crippen molar-refractivity contribution >= 4 is 21.7 Å². The fourth-order valence-electron chi connectivity index (χ4n) is 4.01. The molecule has 0 radical (unpaired) electrons. The van der Waals surface area contributed by atoms with Crippen LogP contribution in [0.5, 0.6) is 11.6 Å². The molecule has 0 aliphatic carbocycles. The maximum Gasteiger partial charge on any atom is 0.261 e. The maximum absolute atomic E-state index is 15.0. The molecule has 1 fully saturated rings. The Morgan fingerprint density at radius 1 is 0.949 bits per heavy atom. The molecular formula is C26H23F3N6O3S. The summed E-state index contributed by atoms with van der Waals surface area (Å²) in [6.07, 6.45) is 5.00. The van der Waals surface area contributed by atoms with E-state index in [1.54, 1.807) is 24.4 Å². The van der Waals surface area contributed by atoms with Gasteiger partial charge in [-0.25, -0.2) is 32.2 Å². The lowest BCUT2D eigenvalue weighted by Gasteiger charge is -2.23. The molecule has 1 aliphatic heterocycles. The Labute approximate surface area is 222 Å². The van der Waals surface area contributed by atoms with Gasteiger partial charge in [0.25, 0.3) is 10.0 Å². The van der Waals surface area contributed by atoms with E-state index in [0.717, 1.165) is 62.3 Å². The Bertz CT molecular complexity index is 1580. The minimum atomic E-state index is -4.30. The highest BCUT2D eigenvalue weighted by Gasteiger charge is 2.22. The number of aromatic nitrogens is 3. The summed E-state index contributed by atoms with van der Waals surface area (Å²) in [4.78, 5) is 12.6. The van der Waals surface area contributed by atoms with Crippen LogP contribution in [0, 0.1) is 17.5 Å². The SMILES string of the molecule is O=S(=O)(Nc1ccc(Oc2ncccc2-c2ccnc(N[C@H]3CCCNC3)n2)c(F)c1F)c1ccc(F)cc1. The number of nitrogens with one attached hydrogen (secondary N) is 3. The largest absolute Gasteiger partial charge is 0.435 e. The summed E-state index contributed by atoms with van der Waals surface area (Å²) < 4.78 is 75.6. The van der Waals surface area contributed by atoms with Crippen LogP contribution in [-0.2, 0) is 10.0 Å². The van der Waals surface area contributed by atoms with Crippen molar-refractivity contribution in [3.8, 4) is 22.9 Å². The van der Waals surface area contributed by atoms with Crippen molar-refractivity contribution in [2.75, 3.05) is 23.1 Å². The Kier molecular flexibility index (Phi) is 7.61. The molecule has 13 heteroatoms. The minimum Gasteiger partial charge on any atom is -0.435 e. The molecule has 1 saturated heterocycles. The first kappa shape index (κ1) is 26.4. The summed E-state index contributed by atoms with van der Waals surface area (Å²) in [7, 11) is -4.30. The molecule has 2 aromatic carbocycles. The van der Waals surface area contributed by atoms with Crippen molar-refractivity contribution in [1.29, 1.82) is 0 Å². The van der Waals surface area contributed by atoms with Crippen molar-refractivity contribution in [3.63, 3.8) is 0 Å². The first-order chi connectivity index (χ1) is 18.8. The summed E-state index contributed by atoms with van der Waals surface area (Å²) in [5, 5.41) is 6.59. The minimum absolute atomic E-state index is 0.0422. The average Bonchev–Trinajstić information content (AvgIpc) is 2.94. The number of sulfonamides is 1. The molecule has 1 aliphatic rings.